The second-order valence-corrected chi connectivity index (χ2v) is 2.93. The molecule has 12 heavy (non-hydrogen) atoms. The second kappa shape index (κ2) is 3.35. The average Bonchev–Trinajstić information content (AvgIpc) is 2.34. The molecular weight excluding hydrogens is 189 g/mol. The van der Waals surface area contributed by atoms with Gasteiger partial charge in [-0.3, -0.25) is 0 Å². The van der Waals surface area contributed by atoms with Gasteiger partial charge in [-0.15, -0.1) is 11.3 Å². The summed E-state index contributed by atoms with van der Waals surface area (Å²) in [7, 11) is 0. The molecule has 5 heteroatoms. The molecule has 1 aromatic rings. The van der Waals surface area contributed by atoms with E-state index in [1.807, 2.05) is 0 Å². The van der Waals surface area contributed by atoms with E-state index in [1.54, 1.807) is 6.92 Å². The summed E-state index contributed by atoms with van der Waals surface area (Å²) in [5.41, 5.74) is -0.686. The Kier molecular flexibility index (Phi) is 2.62. The molecule has 0 aliphatic heterocycles. The summed E-state index contributed by atoms with van der Waals surface area (Å²) in [5.74, 6) is 0. The van der Waals surface area contributed by atoms with Crippen molar-refractivity contribution in [3.05, 3.63) is 17.0 Å². The Morgan fingerprint density at radius 1 is 1.50 bits per heavy atom. The highest BCUT2D eigenvalue weighted by Gasteiger charge is 2.35. The van der Waals surface area contributed by atoms with Crippen LogP contribution < -0.4 is 4.74 Å². The first kappa shape index (κ1) is 9.38. The lowest BCUT2D eigenvalue weighted by Crippen LogP contribution is -2.05. The summed E-state index contributed by atoms with van der Waals surface area (Å²) in [6.07, 6.45) is -4.30. The van der Waals surface area contributed by atoms with Crippen LogP contribution >= 0.6 is 11.3 Å². The quantitative estimate of drug-likeness (QED) is 0.705. The summed E-state index contributed by atoms with van der Waals surface area (Å²) in [6.45, 7) is 1.91. The van der Waals surface area contributed by atoms with Gasteiger partial charge in [0.2, 0.25) is 0 Å². The molecule has 0 saturated heterocycles. The molecule has 1 nitrogen and oxygen atoms in total. The Labute approximate surface area is 71.8 Å². The van der Waals surface area contributed by atoms with E-state index in [0.717, 1.165) is 17.4 Å². The van der Waals surface area contributed by atoms with Gasteiger partial charge in [0, 0.05) is 0 Å². The molecule has 0 aromatic carbocycles. The Hall–Kier alpha value is -0.710. The summed E-state index contributed by atoms with van der Waals surface area (Å²) >= 11 is 0.959. The topological polar surface area (TPSA) is 9.23 Å². The van der Waals surface area contributed by atoms with E-state index in [2.05, 4.69) is 0 Å². The van der Waals surface area contributed by atoms with Crippen LogP contribution in [0.2, 0.25) is 0 Å². The van der Waals surface area contributed by atoms with Crippen molar-refractivity contribution < 1.29 is 17.9 Å². The van der Waals surface area contributed by atoms with Crippen LogP contribution in [0.4, 0.5) is 13.2 Å². The molecule has 0 spiro atoms. The molecule has 0 amide bonds. The van der Waals surface area contributed by atoms with E-state index in [-0.39, 0.29) is 11.7 Å². The first-order chi connectivity index (χ1) is 5.55. The van der Waals surface area contributed by atoms with Crippen LogP contribution in [0.25, 0.3) is 0 Å². The fourth-order valence-corrected chi connectivity index (χ4v) is 1.57. The average molecular weight is 196 g/mol. The number of halogens is 3. The molecule has 0 unspecified atom stereocenters. The van der Waals surface area contributed by atoms with Crippen LogP contribution in [-0.2, 0) is 6.18 Å². The van der Waals surface area contributed by atoms with E-state index < -0.39 is 11.7 Å². The van der Waals surface area contributed by atoms with Crippen molar-refractivity contribution in [1.82, 2.24) is 0 Å². The van der Waals surface area contributed by atoms with E-state index >= 15 is 0 Å². The maximum atomic E-state index is 12.1. The molecular formula is C7H7F3OS. The van der Waals surface area contributed by atoms with Crippen molar-refractivity contribution in [1.29, 1.82) is 0 Å². The van der Waals surface area contributed by atoms with E-state index in [0.29, 0.717) is 0 Å². The van der Waals surface area contributed by atoms with Crippen LogP contribution in [0.1, 0.15) is 12.5 Å². The van der Waals surface area contributed by atoms with Crippen LogP contribution in [0, 0.1) is 0 Å². The van der Waals surface area contributed by atoms with E-state index in [1.165, 1.54) is 5.38 Å². The molecule has 0 fully saturated rings. The zero-order chi connectivity index (χ0) is 9.19. The third kappa shape index (κ3) is 1.91. The van der Waals surface area contributed by atoms with Gasteiger partial charge >= 0.3 is 6.18 Å². The van der Waals surface area contributed by atoms with E-state index in [9.17, 15) is 13.2 Å². The predicted octanol–water partition coefficient (Wildman–Crippen LogP) is 3.17. The number of hydrogen-bond donors (Lipinski definition) is 0. The molecule has 0 radical (unpaired) electrons. The fraction of sp³-hybridized carbons (Fsp3) is 0.429. The zero-order valence-corrected chi connectivity index (χ0v) is 7.13. The third-order valence-corrected chi connectivity index (χ3v) is 2.03. The van der Waals surface area contributed by atoms with Gasteiger partial charge in [-0.25, -0.2) is 0 Å². The second-order valence-electron chi connectivity index (χ2n) is 2.05. The third-order valence-electron chi connectivity index (χ3n) is 1.21. The van der Waals surface area contributed by atoms with Crippen molar-refractivity contribution in [3.8, 4) is 5.06 Å². The SMILES string of the molecule is CCOc1sccc1C(F)(F)F. The molecule has 0 N–H and O–H groups in total. The minimum Gasteiger partial charge on any atom is -0.484 e. The van der Waals surface area contributed by atoms with Crippen molar-refractivity contribution >= 4 is 11.3 Å². The molecule has 1 rings (SSSR count). The Morgan fingerprint density at radius 3 is 2.67 bits per heavy atom. The predicted molar refractivity (Wildman–Crippen MR) is 40.5 cm³/mol. The zero-order valence-electron chi connectivity index (χ0n) is 6.31. The van der Waals surface area contributed by atoms with Crippen molar-refractivity contribution in [2.45, 2.75) is 13.1 Å². The fourth-order valence-electron chi connectivity index (χ4n) is 0.748. The molecule has 0 aliphatic rings. The van der Waals surface area contributed by atoms with Gasteiger partial charge < -0.3 is 4.74 Å². The van der Waals surface area contributed by atoms with Crippen LogP contribution in [0.3, 0.4) is 0 Å². The molecule has 0 aliphatic carbocycles. The molecule has 68 valence electrons. The monoisotopic (exact) mass is 196 g/mol. The number of hydrogen-bond acceptors (Lipinski definition) is 2. The van der Waals surface area contributed by atoms with Gasteiger partial charge in [0.15, 0.2) is 5.06 Å². The van der Waals surface area contributed by atoms with Crippen molar-refractivity contribution in [2.24, 2.45) is 0 Å². The smallest absolute Gasteiger partial charge is 0.420 e. The number of thiophene rings is 1. The van der Waals surface area contributed by atoms with Crippen molar-refractivity contribution in [3.63, 3.8) is 0 Å². The first-order valence-corrected chi connectivity index (χ1v) is 4.21. The van der Waals surface area contributed by atoms with Gasteiger partial charge in [0.05, 0.1) is 6.61 Å². The highest BCUT2D eigenvalue weighted by Crippen LogP contribution is 2.39. The summed E-state index contributed by atoms with van der Waals surface area (Å²) in [6, 6.07) is 1.02. The highest BCUT2D eigenvalue weighted by molar-refractivity contribution is 7.12. The molecule has 1 aromatic heterocycles. The highest BCUT2D eigenvalue weighted by atomic mass is 32.1. The summed E-state index contributed by atoms with van der Waals surface area (Å²) < 4.78 is 41.2. The number of ether oxygens (including phenoxy) is 1. The first-order valence-electron chi connectivity index (χ1n) is 3.33. The summed E-state index contributed by atoms with van der Waals surface area (Å²) in [4.78, 5) is 0. The Balaban J connectivity index is 2.91. The lowest BCUT2D eigenvalue weighted by Gasteiger charge is -2.07. The molecule has 1 heterocycles. The largest absolute Gasteiger partial charge is 0.484 e. The lowest BCUT2D eigenvalue weighted by atomic mass is 10.3. The normalized spacial score (nSPS) is 11.7. The number of alkyl halides is 3. The maximum Gasteiger partial charge on any atom is 0.420 e. The summed E-state index contributed by atoms with van der Waals surface area (Å²) in [5, 5.41) is 1.32. The van der Waals surface area contributed by atoms with Gasteiger partial charge in [-0.05, 0) is 18.4 Å². The molecule has 0 atom stereocenters. The van der Waals surface area contributed by atoms with Gasteiger partial charge in [-0.2, -0.15) is 13.2 Å². The van der Waals surface area contributed by atoms with Crippen molar-refractivity contribution in [2.75, 3.05) is 6.61 Å². The number of rotatable bonds is 2. The van der Waals surface area contributed by atoms with E-state index in [4.69, 9.17) is 4.74 Å². The minimum absolute atomic E-state index is 0.0509. The Bertz CT molecular complexity index is 253. The van der Waals surface area contributed by atoms with Gasteiger partial charge in [0.25, 0.3) is 0 Å². The lowest BCUT2D eigenvalue weighted by molar-refractivity contribution is -0.138. The molecule has 0 saturated carbocycles. The Morgan fingerprint density at radius 2 is 2.17 bits per heavy atom. The minimum atomic E-state index is -4.30. The van der Waals surface area contributed by atoms with Crippen LogP contribution in [-0.4, -0.2) is 6.61 Å². The van der Waals surface area contributed by atoms with Gasteiger partial charge in [0.1, 0.15) is 5.56 Å². The van der Waals surface area contributed by atoms with Gasteiger partial charge in [-0.1, -0.05) is 0 Å². The van der Waals surface area contributed by atoms with Crippen LogP contribution in [0.5, 0.6) is 5.06 Å². The molecule has 0 bridgehead atoms. The maximum absolute atomic E-state index is 12.1. The standard InChI is InChI=1S/C7H7F3OS/c1-2-11-6-5(3-4-12-6)7(8,9)10/h3-4H,2H2,1H3. The van der Waals surface area contributed by atoms with Crippen LogP contribution in [0.15, 0.2) is 11.4 Å².